The number of rotatable bonds is 4. The van der Waals surface area contributed by atoms with Gasteiger partial charge >= 0.3 is 0 Å². The van der Waals surface area contributed by atoms with Gasteiger partial charge in [0.15, 0.2) is 0 Å². The average molecular weight is 279 g/mol. The molecule has 1 aromatic heterocycles. The molecule has 0 amide bonds. The van der Waals surface area contributed by atoms with Crippen molar-refractivity contribution in [3.05, 3.63) is 58.8 Å². The lowest BCUT2D eigenvalue weighted by molar-refractivity contribution is 0.682. The fourth-order valence-corrected chi connectivity index (χ4v) is 1.96. The van der Waals surface area contributed by atoms with Crippen molar-refractivity contribution in [1.82, 2.24) is 4.68 Å². The van der Waals surface area contributed by atoms with E-state index in [4.69, 9.17) is 0 Å². The third kappa shape index (κ3) is 3.14. The van der Waals surface area contributed by atoms with Crippen molar-refractivity contribution in [1.29, 1.82) is 0 Å². The van der Waals surface area contributed by atoms with Gasteiger partial charge in [0, 0.05) is 22.9 Å². The quantitative estimate of drug-likeness (QED) is 0.907. The Hall–Kier alpha value is -1.22. The molecule has 16 heavy (non-hydrogen) atoms. The van der Waals surface area contributed by atoms with E-state index in [1.165, 1.54) is 5.56 Å². The van der Waals surface area contributed by atoms with Gasteiger partial charge in [-0.3, -0.25) is 4.68 Å². The highest BCUT2D eigenvalue weighted by molar-refractivity contribution is 9.10. The predicted molar refractivity (Wildman–Crippen MR) is 71.1 cm³/mol. The van der Waals surface area contributed by atoms with E-state index in [1.807, 2.05) is 29.2 Å². The van der Waals surface area contributed by atoms with Crippen LogP contribution in [0.5, 0.6) is 0 Å². The molecule has 2 nitrogen and oxygen atoms in total. The second-order valence-electron chi connectivity index (χ2n) is 3.95. The van der Waals surface area contributed by atoms with Crippen LogP contribution in [0.4, 0.5) is 0 Å². The summed E-state index contributed by atoms with van der Waals surface area (Å²) < 4.78 is 3.12. The fraction of sp³-hybridized carbons (Fsp3) is 0.231. The number of hydrogen-bond acceptors (Lipinski definition) is 1. The van der Waals surface area contributed by atoms with E-state index < -0.39 is 0 Å². The lowest BCUT2D eigenvalue weighted by Crippen LogP contribution is -2.25. The average Bonchev–Trinajstić information content (AvgIpc) is 2.74. The summed E-state index contributed by atoms with van der Waals surface area (Å²) in [6.45, 7) is 2.18. The zero-order chi connectivity index (χ0) is 11.4. The molecule has 0 radical (unpaired) electrons. The SMILES string of the molecule is CC(Cc1ccc(Br)cc1)Nn1cccc1. The molecular formula is C13H15BrN2. The summed E-state index contributed by atoms with van der Waals surface area (Å²) in [5, 5.41) is 0. The molecule has 0 fully saturated rings. The van der Waals surface area contributed by atoms with Crippen LogP contribution in [0.3, 0.4) is 0 Å². The number of hydrogen-bond donors (Lipinski definition) is 1. The Morgan fingerprint density at radius 2 is 1.81 bits per heavy atom. The summed E-state index contributed by atoms with van der Waals surface area (Å²) in [4.78, 5) is 0. The Kier molecular flexibility index (Phi) is 3.67. The Balaban J connectivity index is 1.92. The molecule has 0 spiro atoms. The number of benzene rings is 1. The molecular weight excluding hydrogens is 264 g/mol. The van der Waals surface area contributed by atoms with Crippen LogP contribution in [-0.2, 0) is 6.42 Å². The molecule has 2 rings (SSSR count). The fourth-order valence-electron chi connectivity index (χ4n) is 1.69. The maximum atomic E-state index is 3.44. The van der Waals surface area contributed by atoms with Gasteiger partial charge in [0.2, 0.25) is 0 Å². The van der Waals surface area contributed by atoms with Gasteiger partial charge in [-0.25, -0.2) is 0 Å². The minimum Gasteiger partial charge on any atom is -0.323 e. The molecule has 1 heterocycles. The highest BCUT2D eigenvalue weighted by Crippen LogP contribution is 2.12. The molecule has 3 heteroatoms. The van der Waals surface area contributed by atoms with Crippen LogP contribution in [0.2, 0.25) is 0 Å². The van der Waals surface area contributed by atoms with Crippen LogP contribution < -0.4 is 5.43 Å². The van der Waals surface area contributed by atoms with E-state index in [2.05, 4.69) is 52.5 Å². The monoisotopic (exact) mass is 278 g/mol. The summed E-state index contributed by atoms with van der Waals surface area (Å²) in [6.07, 6.45) is 5.04. The third-order valence-corrected chi connectivity index (χ3v) is 2.96. The smallest absolute Gasteiger partial charge is 0.0436 e. The first-order chi connectivity index (χ1) is 7.74. The molecule has 0 aliphatic rings. The van der Waals surface area contributed by atoms with Crippen LogP contribution in [-0.4, -0.2) is 10.7 Å². The van der Waals surface area contributed by atoms with E-state index in [0.717, 1.165) is 10.9 Å². The Morgan fingerprint density at radius 1 is 1.19 bits per heavy atom. The minimum absolute atomic E-state index is 0.411. The molecule has 0 saturated heterocycles. The molecule has 1 aromatic carbocycles. The van der Waals surface area contributed by atoms with E-state index >= 15 is 0 Å². The molecule has 0 aliphatic carbocycles. The summed E-state index contributed by atoms with van der Waals surface area (Å²) >= 11 is 3.44. The second-order valence-corrected chi connectivity index (χ2v) is 4.87. The molecule has 0 saturated carbocycles. The topological polar surface area (TPSA) is 17.0 Å². The molecule has 84 valence electrons. The van der Waals surface area contributed by atoms with E-state index in [-0.39, 0.29) is 0 Å². The Labute approximate surface area is 104 Å². The van der Waals surface area contributed by atoms with Gasteiger partial charge in [-0.15, -0.1) is 0 Å². The number of nitrogens with one attached hydrogen (secondary N) is 1. The first kappa shape index (κ1) is 11.3. The summed E-state index contributed by atoms with van der Waals surface area (Å²) in [6, 6.07) is 12.9. The van der Waals surface area contributed by atoms with Crippen LogP contribution in [0.25, 0.3) is 0 Å². The molecule has 2 aromatic rings. The number of aromatic nitrogens is 1. The van der Waals surface area contributed by atoms with Gasteiger partial charge in [-0.05, 0) is 43.2 Å². The second kappa shape index (κ2) is 5.21. The van der Waals surface area contributed by atoms with Crippen LogP contribution in [0, 0.1) is 0 Å². The van der Waals surface area contributed by atoms with E-state index in [9.17, 15) is 0 Å². The lowest BCUT2D eigenvalue weighted by Gasteiger charge is -2.16. The van der Waals surface area contributed by atoms with Gasteiger partial charge in [0.1, 0.15) is 0 Å². The van der Waals surface area contributed by atoms with Gasteiger partial charge in [0.05, 0.1) is 0 Å². The first-order valence-electron chi connectivity index (χ1n) is 5.38. The third-order valence-electron chi connectivity index (χ3n) is 2.43. The van der Waals surface area contributed by atoms with Crippen molar-refractivity contribution in [2.45, 2.75) is 19.4 Å². The summed E-state index contributed by atoms with van der Waals surface area (Å²) in [7, 11) is 0. The maximum Gasteiger partial charge on any atom is 0.0436 e. The minimum atomic E-state index is 0.411. The molecule has 0 aliphatic heterocycles. The number of halogens is 1. The van der Waals surface area contributed by atoms with Crippen molar-refractivity contribution in [3.63, 3.8) is 0 Å². The van der Waals surface area contributed by atoms with Gasteiger partial charge in [-0.1, -0.05) is 28.1 Å². The highest BCUT2D eigenvalue weighted by Gasteiger charge is 2.02. The number of nitrogens with zero attached hydrogens (tertiary/aromatic N) is 1. The normalized spacial score (nSPS) is 12.4. The summed E-state index contributed by atoms with van der Waals surface area (Å²) in [5.41, 5.74) is 4.73. The zero-order valence-electron chi connectivity index (χ0n) is 9.23. The van der Waals surface area contributed by atoms with E-state index in [0.29, 0.717) is 6.04 Å². The first-order valence-corrected chi connectivity index (χ1v) is 6.17. The summed E-state index contributed by atoms with van der Waals surface area (Å²) in [5.74, 6) is 0. The maximum absolute atomic E-state index is 3.44. The van der Waals surface area contributed by atoms with Crippen LogP contribution >= 0.6 is 15.9 Å². The van der Waals surface area contributed by atoms with Gasteiger partial charge in [-0.2, -0.15) is 0 Å². The van der Waals surface area contributed by atoms with Crippen LogP contribution in [0.1, 0.15) is 12.5 Å². The van der Waals surface area contributed by atoms with Gasteiger partial charge < -0.3 is 5.43 Å². The molecule has 1 N–H and O–H groups in total. The molecule has 1 atom stereocenters. The molecule has 1 unspecified atom stereocenters. The molecule has 0 bridgehead atoms. The predicted octanol–water partition coefficient (Wildman–Crippen LogP) is 3.43. The Bertz CT molecular complexity index is 420. The lowest BCUT2D eigenvalue weighted by atomic mass is 10.1. The zero-order valence-corrected chi connectivity index (χ0v) is 10.8. The largest absolute Gasteiger partial charge is 0.323 e. The Morgan fingerprint density at radius 3 is 2.44 bits per heavy atom. The standard InChI is InChI=1S/C13H15BrN2/c1-11(15-16-8-2-3-9-16)10-12-4-6-13(14)7-5-12/h2-9,11,15H,10H2,1H3. The van der Waals surface area contributed by atoms with Crippen molar-refractivity contribution in [2.75, 3.05) is 5.43 Å². The van der Waals surface area contributed by atoms with Crippen molar-refractivity contribution in [3.8, 4) is 0 Å². The van der Waals surface area contributed by atoms with Gasteiger partial charge in [0.25, 0.3) is 0 Å². The van der Waals surface area contributed by atoms with Crippen LogP contribution in [0.15, 0.2) is 53.3 Å². The van der Waals surface area contributed by atoms with Crippen molar-refractivity contribution < 1.29 is 0 Å². The van der Waals surface area contributed by atoms with Crippen molar-refractivity contribution >= 4 is 15.9 Å². The van der Waals surface area contributed by atoms with E-state index in [1.54, 1.807) is 0 Å². The van der Waals surface area contributed by atoms with Crippen molar-refractivity contribution in [2.24, 2.45) is 0 Å². The highest BCUT2D eigenvalue weighted by atomic mass is 79.9.